The van der Waals surface area contributed by atoms with Crippen molar-refractivity contribution in [2.24, 2.45) is 0 Å². The molecule has 2 aromatic heterocycles. The van der Waals surface area contributed by atoms with Crippen LogP contribution >= 0.6 is 0 Å². The molecule has 0 saturated carbocycles. The number of aromatic nitrogens is 4. The molecule has 2 heterocycles. The van der Waals surface area contributed by atoms with E-state index >= 15 is 0 Å². The lowest BCUT2D eigenvalue weighted by atomic mass is 10.3. The van der Waals surface area contributed by atoms with Gasteiger partial charge in [0.15, 0.2) is 17.0 Å². The molecule has 8 nitrogen and oxygen atoms in total. The van der Waals surface area contributed by atoms with Gasteiger partial charge in [0.25, 0.3) is 0 Å². The van der Waals surface area contributed by atoms with Crippen molar-refractivity contribution in [3.05, 3.63) is 36.4 Å². The summed E-state index contributed by atoms with van der Waals surface area (Å²) in [5.41, 5.74) is 0.732. The number of sulfonamides is 1. The Bertz CT molecular complexity index is 1080. The lowest BCUT2D eigenvalue weighted by Crippen LogP contribution is -2.13. The van der Waals surface area contributed by atoms with E-state index in [9.17, 15) is 21.6 Å². The van der Waals surface area contributed by atoms with E-state index in [1.165, 1.54) is 30.1 Å². The zero-order valence-corrected chi connectivity index (χ0v) is 14.4. The minimum atomic E-state index is -4.73. The molecule has 0 amide bonds. The molecule has 3 rings (SSSR count). The van der Waals surface area contributed by atoms with Crippen molar-refractivity contribution in [1.82, 2.24) is 19.5 Å². The van der Waals surface area contributed by atoms with Crippen LogP contribution in [0.2, 0.25) is 0 Å². The Morgan fingerprint density at radius 3 is 2.54 bits per heavy atom. The highest BCUT2D eigenvalue weighted by Gasteiger charge is 2.36. The summed E-state index contributed by atoms with van der Waals surface area (Å²) in [4.78, 5) is 11.1. The zero-order chi connectivity index (χ0) is 19.1. The van der Waals surface area contributed by atoms with Gasteiger partial charge in [0.1, 0.15) is 6.33 Å². The van der Waals surface area contributed by atoms with Gasteiger partial charge in [-0.3, -0.25) is 9.29 Å². The van der Waals surface area contributed by atoms with E-state index < -0.39 is 22.0 Å². The van der Waals surface area contributed by atoms with Crippen LogP contribution in [0.25, 0.3) is 16.9 Å². The second-order valence-electron chi connectivity index (χ2n) is 5.35. The largest absolute Gasteiger partial charge is 0.451 e. The monoisotopic (exact) mass is 386 g/mol. The van der Waals surface area contributed by atoms with E-state index in [0.29, 0.717) is 5.69 Å². The quantitative estimate of drug-likeness (QED) is 0.713. The molecule has 12 heteroatoms. The minimum Gasteiger partial charge on any atom is -0.371 e. The lowest BCUT2D eigenvalue weighted by molar-refractivity contribution is -0.144. The third-order valence-corrected chi connectivity index (χ3v) is 3.92. The van der Waals surface area contributed by atoms with E-state index in [1.807, 2.05) is 0 Å². The molecule has 2 N–H and O–H groups in total. The third kappa shape index (κ3) is 3.54. The molecule has 0 aliphatic rings. The van der Waals surface area contributed by atoms with Gasteiger partial charge in [0.05, 0.1) is 17.6 Å². The molecule has 0 spiro atoms. The summed E-state index contributed by atoms with van der Waals surface area (Å²) < 4.78 is 65.5. The summed E-state index contributed by atoms with van der Waals surface area (Å²) in [6.07, 6.45) is -2.44. The number of alkyl halides is 3. The molecule has 138 valence electrons. The summed E-state index contributed by atoms with van der Waals surface area (Å²) in [7, 11) is -2.07. The van der Waals surface area contributed by atoms with Crippen molar-refractivity contribution in [3.8, 4) is 5.69 Å². The first-order valence-corrected chi connectivity index (χ1v) is 9.06. The van der Waals surface area contributed by atoms with Crippen molar-refractivity contribution >= 4 is 32.7 Å². The molecule has 0 saturated heterocycles. The molecular weight excluding hydrogens is 373 g/mol. The fraction of sp³-hybridized carbons (Fsp3) is 0.214. The van der Waals surface area contributed by atoms with E-state index in [0.717, 1.165) is 6.26 Å². The van der Waals surface area contributed by atoms with Gasteiger partial charge in [-0.25, -0.2) is 23.4 Å². The number of nitrogens with one attached hydrogen (secondary N) is 2. The Balaban J connectivity index is 2.19. The molecule has 0 bridgehead atoms. The maximum atomic E-state index is 13.1. The molecule has 0 unspecified atom stereocenters. The van der Waals surface area contributed by atoms with E-state index in [-0.39, 0.29) is 22.7 Å². The van der Waals surface area contributed by atoms with Crippen molar-refractivity contribution in [2.45, 2.75) is 6.18 Å². The van der Waals surface area contributed by atoms with Gasteiger partial charge >= 0.3 is 6.18 Å². The average molecular weight is 386 g/mol. The SMILES string of the molecule is CNc1nc(C(F)(F)F)nc2c1ncn2-c1cccc(NS(C)(=O)=O)c1. The van der Waals surface area contributed by atoms with Gasteiger partial charge in [-0.15, -0.1) is 0 Å². The van der Waals surface area contributed by atoms with Crippen molar-refractivity contribution in [1.29, 1.82) is 0 Å². The van der Waals surface area contributed by atoms with E-state index in [1.54, 1.807) is 12.1 Å². The maximum absolute atomic E-state index is 13.1. The molecule has 0 fully saturated rings. The molecular formula is C14H13F3N6O2S. The highest BCUT2D eigenvalue weighted by Crippen LogP contribution is 2.30. The molecule has 1 aromatic carbocycles. The Labute approximate surface area is 146 Å². The molecule has 26 heavy (non-hydrogen) atoms. The fourth-order valence-corrected chi connectivity index (χ4v) is 2.88. The number of rotatable bonds is 4. The molecule has 0 aliphatic carbocycles. The number of benzene rings is 1. The second kappa shape index (κ2) is 6.12. The van der Waals surface area contributed by atoms with Gasteiger partial charge in [0.2, 0.25) is 15.8 Å². The number of fused-ring (bicyclic) bond motifs is 1. The van der Waals surface area contributed by atoms with Crippen LogP contribution in [0.15, 0.2) is 30.6 Å². The predicted molar refractivity (Wildman–Crippen MR) is 89.7 cm³/mol. The Hall–Kier alpha value is -2.89. The first-order chi connectivity index (χ1) is 12.1. The first-order valence-electron chi connectivity index (χ1n) is 7.17. The number of nitrogens with zero attached hydrogens (tertiary/aromatic N) is 4. The van der Waals surface area contributed by atoms with Gasteiger partial charge < -0.3 is 5.32 Å². The first kappa shape index (κ1) is 17.9. The predicted octanol–water partition coefficient (Wildman–Crippen LogP) is 2.25. The smallest absolute Gasteiger partial charge is 0.371 e. The van der Waals surface area contributed by atoms with Crippen LogP contribution in [0.3, 0.4) is 0 Å². The maximum Gasteiger partial charge on any atom is 0.451 e. The topological polar surface area (TPSA) is 102 Å². The van der Waals surface area contributed by atoms with Crippen molar-refractivity contribution < 1.29 is 21.6 Å². The number of anilines is 2. The Morgan fingerprint density at radius 1 is 1.19 bits per heavy atom. The molecule has 0 radical (unpaired) electrons. The van der Waals surface area contributed by atoms with Crippen molar-refractivity contribution in [3.63, 3.8) is 0 Å². The van der Waals surface area contributed by atoms with Gasteiger partial charge in [-0.05, 0) is 18.2 Å². The minimum absolute atomic E-state index is 0.0619. The Morgan fingerprint density at radius 2 is 1.92 bits per heavy atom. The normalized spacial score (nSPS) is 12.3. The molecule has 0 atom stereocenters. The summed E-state index contributed by atoms with van der Waals surface area (Å²) in [6.45, 7) is 0. The summed E-state index contributed by atoms with van der Waals surface area (Å²) in [5, 5.41) is 2.57. The molecule has 0 aliphatic heterocycles. The van der Waals surface area contributed by atoms with Crippen molar-refractivity contribution in [2.75, 3.05) is 23.3 Å². The number of hydrogen-bond donors (Lipinski definition) is 2. The van der Waals surface area contributed by atoms with Crippen LogP contribution < -0.4 is 10.0 Å². The van der Waals surface area contributed by atoms with Gasteiger partial charge in [0, 0.05) is 7.05 Å². The summed E-state index contributed by atoms with van der Waals surface area (Å²) in [6, 6.07) is 6.11. The van der Waals surface area contributed by atoms with Gasteiger partial charge in [-0.1, -0.05) is 6.07 Å². The van der Waals surface area contributed by atoms with Crippen LogP contribution in [0, 0.1) is 0 Å². The zero-order valence-electron chi connectivity index (χ0n) is 13.5. The average Bonchev–Trinajstić information content (AvgIpc) is 2.95. The number of hydrogen-bond acceptors (Lipinski definition) is 6. The van der Waals surface area contributed by atoms with Gasteiger partial charge in [-0.2, -0.15) is 13.2 Å². The van der Waals surface area contributed by atoms with E-state index in [4.69, 9.17) is 0 Å². The highest BCUT2D eigenvalue weighted by atomic mass is 32.2. The third-order valence-electron chi connectivity index (χ3n) is 3.31. The molecule has 3 aromatic rings. The summed E-state index contributed by atoms with van der Waals surface area (Å²) >= 11 is 0. The fourth-order valence-electron chi connectivity index (χ4n) is 2.32. The lowest BCUT2D eigenvalue weighted by Gasteiger charge is -2.10. The van der Waals surface area contributed by atoms with Crippen LogP contribution in [0.5, 0.6) is 0 Å². The van der Waals surface area contributed by atoms with Crippen LogP contribution in [-0.2, 0) is 16.2 Å². The Kier molecular flexibility index (Phi) is 4.22. The van der Waals surface area contributed by atoms with Crippen LogP contribution in [0.1, 0.15) is 5.82 Å². The van der Waals surface area contributed by atoms with E-state index in [2.05, 4.69) is 25.0 Å². The van der Waals surface area contributed by atoms with Crippen LogP contribution in [0.4, 0.5) is 24.7 Å². The van der Waals surface area contributed by atoms with Crippen LogP contribution in [-0.4, -0.2) is 41.2 Å². The number of imidazole rings is 1. The number of halogens is 3. The standard InChI is InChI=1S/C14H13F3N6O2S/c1-18-11-10-12(21-13(20-11)14(15,16)17)23(7-19-10)9-5-3-4-8(6-9)22-26(2,24)25/h3-7,22H,1-2H3,(H,18,20,21). The highest BCUT2D eigenvalue weighted by molar-refractivity contribution is 7.92. The summed E-state index contributed by atoms with van der Waals surface area (Å²) in [5.74, 6) is -1.37. The second-order valence-corrected chi connectivity index (χ2v) is 7.10.